The summed E-state index contributed by atoms with van der Waals surface area (Å²) < 4.78 is 5.33. The highest BCUT2D eigenvalue weighted by Crippen LogP contribution is 2.17. The lowest BCUT2D eigenvalue weighted by Crippen LogP contribution is -2.54. The number of carbonyl (C=O) groups is 1. The molecular weight excluding hydrogens is 312 g/mol. The Morgan fingerprint density at radius 2 is 1.36 bits per heavy atom. The molecule has 0 aliphatic carbocycles. The lowest BCUT2D eigenvalue weighted by atomic mass is 9.85. The van der Waals surface area contributed by atoms with Crippen LogP contribution in [0.15, 0.2) is 60.7 Å². The SMILES string of the molecule is CC(C)(C)OC(=O)NCC(N)(Cc1ccccc1)Cc1ccccc1. The largest absolute Gasteiger partial charge is 0.444 e. The van der Waals surface area contributed by atoms with E-state index >= 15 is 0 Å². The first kappa shape index (κ1) is 19.0. The predicted octanol–water partition coefficient (Wildman–Crippen LogP) is 3.69. The van der Waals surface area contributed by atoms with Gasteiger partial charge in [0.15, 0.2) is 0 Å². The van der Waals surface area contributed by atoms with Crippen LogP contribution < -0.4 is 11.1 Å². The van der Waals surface area contributed by atoms with Gasteiger partial charge < -0.3 is 15.8 Å². The Balaban J connectivity index is 2.09. The van der Waals surface area contributed by atoms with E-state index in [0.29, 0.717) is 19.4 Å². The molecule has 134 valence electrons. The Kier molecular flexibility index (Phi) is 6.21. The van der Waals surface area contributed by atoms with Gasteiger partial charge in [-0.25, -0.2) is 4.79 Å². The molecule has 0 atom stereocenters. The van der Waals surface area contributed by atoms with Crippen molar-refractivity contribution in [2.75, 3.05) is 6.54 Å². The minimum atomic E-state index is -0.598. The average Bonchev–Trinajstić information content (AvgIpc) is 2.53. The summed E-state index contributed by atoms with van der Waals surface area (Å²) in [5.41, 5.74) is 7.87. The minimum absolute atomic E-state index is 0.339. The number of hydrogen-bond acceptors (Lipinski definition) is 3. The average molecular weight is 340 g/mol. The number of benzene rings is 2. The molecule has 4 heteroatoms. The van der Waals surface area contributed by atoms with Gasteiger partial charge in [0, 0.05) is 12.1 Å². The summed E-state index contributed by atoms with van der Waals surface area (Å²) in [6, 6.07) is 20.2. The summed E-state index contributed by atoms with van der Waals surface area (Å²) in [4.78, 5) is 12.0. The molecule has 0 saturated heterocycles. The van der Waals surface area contributed by atoms with Gasteiger partial charge in [0.2, 0.25) is 0 Å². The van der Waals surface area contributed by atoms with Crippen LogP contribution in [-0.4, -0.2) is 23.8 Å². The van der Waals surface area contributed by atoms with Crippen molar-refractivity contribution in [3.8, 4) is 0 Å². The Hall–Kier alpha value is -2.33. The van der Waals surface area contributed by atoms with E-state index in [9.17, 15) is 4.79 Å². The smallest absolute Gasteiger partial charge is 0.407 e. The first-order chi connectivity index (χ1) is 11.8. The molecule has 25 heavy (non-hydrogen) atoms. The van der Waals surface area contributed by atoms with Crippen LogP contribution >= 0.6 is 0 Å². The van der Waals surface area contributed by atoms with E-state index < -0.39 is 17.2 Å². The molecule has 4 nitrogen and oxygen atoms in total. The van der Waals surface area contributed by atoms with Crippen LogP contribution in [0.1, 0.15) is 31.9 Å². The number of rotatable bonds is 6. The van der Waals surface area contributed by atoms with E-state index in [0.717, 1.165) is 11.1 Å². The second-order valence-corrected chi connectivity index (χ2v) is 7.54. The molecule has 0 spiro atoms. The lowest BCUT2D eigenvalue weighted by molar-refractivity contribution is 0.0514. The molecular formula is C21H28N2O2. The van der Waals surface area contributed by atoms with Crippen molar-refractivity contribution in [1.82, 2.24) is 5.32 Å². The fourth-order valence-corrected chi connectivity index (χ4v) is 2.75. The van der Waals surface area contributed by atoms with Crippen LogP contribution in [0.25, 0.3) is 0 Å². The molecule has 0 bridgehead atoms. The molecule has 0 unspecified atom stereocenters. The summed E-state index contributed by atoms with van der Waals surface area (Å²) in [6.45, 7) is 5.87. The first-order valence-corrected chi connectivity index (χ1v) is 8.59. The van der Waals surface area contributed by atoms with Crippen molar-refractivity contribution >= 4 is 6.09 Å². The van der Waals surface area contributed by atoms with Gasteiger partial charge in [0.05, 0.1) is 0 Å². The van der Waals surface area contributed by atoms with Crippen LogP contribution in [0.3, 0.4) is 0 Å². The molecule has 0 aromatic heterocycles. The molecule has 0 aliphatic heterocycles. The van der Waals surface area contributed by atoms with E-state index in [-0.39, 0.29) is 0 Å². The van der Waals surface area contributed by atoms with Crippen LogP contribution in [0, 0.1) is 0 Å². The Labute approximate surface area is 150 Å². The summed E-state index contributed by atoms with van der Waals surface area (Å²) in [5.74, 6) is 0. The maximum atomic E-state index is 12.0. The Bertz CT molecular complexity index is 622. The molecule has 2 aromatic rings. The molecule has 1 amide bonds. The highest BCUT2D eigenvalue weighted by Gasteiger charge is 2.28. The van der Waals surface area contributed by atoms with Gasteiger partial charge in [-0.3, -0.25) is 0 Å². The topological polar surface area (TPSA) is 64.3 Å². The van der Waals surface area contributed by atoms with Gasteiger partial charge in [0.1, 0.15) is 5.60 Å². The molecule has 0 heterocycles. The molecule has 0 radical (unpaired) electrons. The van der Waals surface area contributed by atoms with E-state index in [1.54, 1.807) is 0 Å². The van der Waals surface area contributed by atoms with Crippen molar-refractivity contribution in [2.24, 2.45) is 5.73 Å². The Morgan fingerprint density at radius 1 is 0.920 bits per heavy atom. The fourth-order valence-electron chi connectivity index (χ4n) is 2.75. The molecule has 3 N–H and O–H groups in total. The Morgan fingerprint density at radius 3 is 1.76 bits per heavy atom. The van der Waals surface area contributed by atoms with E-state index in [1.165, 1.54) is 0 Å². The van der Waals surface area contributed by atoms with Crippen molar-refractivity contribution in [2.45, 2.75) is 44.8 Å². The zero-order valence-electron chi connectivity index (χ0n) is 15.3. The molecule has 0 aliphatic rings. The number of hydrogen-bond donors (Lipinski definition) is 2. The van der Waals surface area contributed by atoms with Gasteiger partial charge in [-0.15, -0.1) is 0 Å². The summed E-state index contributed by atoms with van der Waals surface area (Å²) in [7, 11) is 0. The molecule has 2 rings (SSSR count). The highest BCUT2D eigenvalue weighted by atomic mass is 16.6. The minimum Gasteiger partial charge on any atom is -0.444 e. The molecule has 0 fully saturated rings. The van der Waals surface area contributed by atoms with Crippen LogP contribution in [0.5, 0.6) is 0 Å². The summed E-state index contributed by atoms with van der Waals surface area (Å²) >= 11 is 0. The van der Waals surface area contributed by atoms with E-state index in [4.69, 9.17) is 10.5 Å². The van der Waals surface area contributed by atoms with Gasteiger partial charge in [-0.1, -0.05) is 60.7 Å². The maximum absolute atomic E-state index is 12.0. The zero-order valence-corrected chi connectivity index (χ0v) is 15.3. The predicted molar refractivity (Wildman–Crippen MR) is 101 cm³/mol. The second kappa shape index (κ2) is 8.17. The fraction of sp³-hybridized carbons (Fsp3) is 0.381. The normalized spacial score (nSPS) is 11.8. The zero-order chi connectivity index (χ0) is 18.3. The number of amides is 1. The highest BCUT2D eigenvalue weighted by molar-refractivity contribution is 5.67. The lowest BCUT2D eigenvalue weighted by Gasteiger charge is -2.31. The standard InChI is InChI=1S/C21H28N2O2/c1-20(2,3)25-19(24)23-16-21(22,14-17-10-6-4-7-11-17)15-18-12-8-5-9-13-18/h4-13H,14-16,22H2,1-3H3,(H,23,24). The first-order valence-electron chi connectivity index (χ1n) is 8.59. The van der Waals surface area contributed by atoms with Gasteiger partial charge >= 0.3 is 6.09 Å². The maximum Gasteiger partial charge on any atom is 0.407 e. The number of alkyl carbamates (subject to hydrolysis) is 1. The second-order valence-electron chi connectivity index (χ2n) is 7.54. The molecule has 2 aromatic carbocycles. The van der Waals surface area contributed by atoms with E-state index in [2.05, 4.69) is 29.6 Å². The third kappa shape index (κ3) is 6.98. The van der Waals surface area contributed by atoms with Gasteiger partial charge in [-0.2, -0.15) is 0 Å². The van der Waals surface area contributed by atoms with Crippen LogP contribution in [-0.2, 0) is 17.6 Å². The number of carbonyl (C=O) groups excluding carboxylic acids is 1. The third-order valence-electron chi connectivity index (χ3n) is 3.78. The van der Waals surface area contributed by atoms with Crippen molar-refractivity contribution in [1.29, 1.82) is 0 Å². The third-order valence-corrected chi connectivity index (χ3v) is 3.78. The van der Waals surface area contributed by atoms with Crippen LogP contribution in [0.2, 0.25) is 0 Å². The number of ether oxygens (including phenoxy) is 1. The van der Waals surface area contributed by atoms with Crippen molar-refractivity contribution in [3.05, 3.63) is 71.8 Å². The van der Waals surface area contributed by atoms with Gasteiger partial charge in [-0.05, 0) is 44.7 Å². The summed E-state index contributed by atoms with van der Waals surface area (Å²) in [6.07, 6.45) is 0.889. The monoisotopic (exact) mass is 340 g/mol. The van der Waals surface area contributed by atoms with Crippen LogP contribution in [0.4, 0.5) is 4.79 Å². The number of nitrogens with two attached hydrogens (primary N) is 1. The number of nitrogens with one attached hydrogen (secondary N) is 1. The van der Waals surface area contributed by atoms with Crippen molar-refractivity contribution in [3.63, 3.8) is 0 Å². The quantitative estimate of drug-likeness (QED) is 0.843. The van der Waals surface area contributed by atoms with Gasteiger partial charge in [0.25, 0.3) is 0 Å². The van der Waals surface area contributed by atoms with E-state index in [1.807, 2.05) is 57.2 Å². The van der Waals surface area contributed by atoms with Crippen molar-refractivity contribution < 1.29 is 9.53 Å². The summed E-state index contributed by atoms with van der Waals surface area (Å²) in [5, 5.41) is 2.83. The molecule has 0 saturated carbocycles.